The van der Waals surface area contributed by atoms with Crippen LogP contribution in [0, 0.1) is 6.92 Å². The highest BCUT2D eigenvalue weighted by molar-refractivity contribution is 8.00. The predicted octanol–water partition coefficient (Wildman–Crippen LogP) is 6.53. The third-order valence-corrected chi connectivity index (χ3v) is 6.87. The summed E-state index contributed by atoms with van der Waals surface area (Å²) in [6.45, 7) is 4.38. The van der Waals surface area contributed by atoms with E-state index in [1.807, 2.05) is 74.5 Å². The number of anilines is 2. The van der Waals surface area contributed by atoms with E-state index in [-0.39, 0.29) is 23.3 Å². The maximum Gasteiger partial charge on any atom is 0.272 e. The lowest BCUT2D eigenvalue weighted by atomic mass is 10.1. The van der Waals surface area contributed by atoms with Crippen LogP contribution < -0.4 is 20.7 Å². The van der Waals surface area contributed by atoms with Crippen LogP contribution in [-0.2, 0) is 9.59 Å². The second-order valence-electron chi connectivity index (χ2n) is 9.03. The first-order valence-corrected chi connectivity index (χ1v) is 14.1. The minimum Gasteiger partial charge on any atom is -0.492 e. The molecular weight excluding hydrogens is 534 g/mol. The molecule has 0 radical (unpaired) electrons. The van der Waals surface area contributed by atoms with Crippen LogP contribution in [0.1, 0.15) is 28.4 Å². The highest BCUT2D eigenvalue weighted by atomic mass is 32.2. The Kier molecular flexibility index (Phi) is 10.3. The Morgan fingerprint density at radius 2 is 1.49 bits per heavy atom. The van der Waals surface area contributed by atoms with Crippen LogP contribution in [0.4, 0.5) is 11.4 Å². The molecule has 0 atom stereocenters. The second kappa shape index (κ2) is 14.5. The Morgan fingerprint density at radius 3 is 2.20 bits per heavy atom. The highest BCUT2D eigenvalue weighted by Gasteiger charge is 2.15. The van der Waals surface area contributed by atoms with Gasteiger partial charge in [-0.3, -0.25) is 14.4 Å². The molecule has 0 aliphatic heterocycles. The zero-order valence-electron chi connectivity index (χ0n) is 22.8. The van der Waals surface area contributed by atoms with Crippen LogP contribution in [0.5, 0.6) is 5.75 Å². The van der Waals surface area contributed by atoms with Crippen molar-refractivity contribution in [1.29, 1.82) is 0 Å². The summed E-state index contributed by atoms with van der Waals surface area (Å²) in [5.74, 6) is -0.152. The Morgan fingerprint density at radius 1 is 0.805 bits per heavy atom. The zero-order chi connectivity index (χ0) is 29.0. The summed E-state index contributed by atoms with van der Waals surface area (Å²) in [6, 6.07) is 30.8. The molecule has 208 valence electrons. The zero-order valence-corrected chi connectivity index (χ0v) is 23.7. The fraction of sp³-hybridized carbons (Fsp3) is 0.121. The average molecular weight is 566 g/mol. The largest absolute Gasteiger partial charge is 0.492 e. The first-order chi connectivity index (χ1) is 19.9. The molecule has 0 heterocycles. The molecule has 0 aliphatic carbocycles. The van der Waals surface area contributed by atoms with E-state index in [9.17, 15) is 14.4 Å². The van der Waals surface area contributed by atoms with Gasteiger partial charge < -0.3 is 20.7 Å². The minimum atomic E-state index is -0.456. The molecule has 0 bridgehead atoms. The molecule has 0 spiro atoms. The SMILES string of the molecule is CCOc1ccccc1NC(=O)CSc1ccc(NC(=O)/C(=C/c2ccc(C)cc2)NC(=O)c2ccccc2)cc1. The van der Waals surface area contributed by atoms with Crippen LogP contribution in [0.2, 0.25) is 0 Å². The van der Waals surface area contributed by atoms with E-state index in [4.69, 9.17) is 4.74 Å². The van der Waals surface area contributed by atoms with E-state index in [2.05, 4.69) is 16.0 Å². The molecule has 0 unspecified atom stereocenters. The van der Waals surface area contributed by atoms with Gasteiger partial charge >= 0.3 is 0 Å². The Labute approximate surface area is 244 Å². The first-order valence-electron chi connectivity index (χ1n) is 13.1. The number of benzene rings is 4. The van der Waals surface area contributed by atoms with Gasteiger partial charge in [0.15, 0.2) is 0 Å². The van der Waals surface area contributed by atoms with Crippen molar-refractivity contribution in [2.24, 2.45) is 0 Å². The lowest BCUT2D eigenvalue weighted by Crippen LogP contribution is -2.30. The molecule has 0 aromatic heterocycles. The lowest BCUT2D eigenvalue weighted by molar-refractivity contribution is -0.114. The van der Waals surface area contributed by atoms with Crippen molar-refractivity contribution in [3.8, 4) is 5.75 Å². The average Bonchev–Trinajstić information content (AvgIpc) is 2.99. The smallest absolute Gasteiger partial charge is 0.272 e. The lowest BCUT2D eigenvalue weighted by Gasteiger charge is -2.12. The number of ether oxygens (including phenoxy) is 1. The van der Waals surface area contributed by atoms with Crippen LogP contribution in [-0.4, -0.2) is 30.1 Å². The van der Waals surface area contributed by atoms with Gasteiger partial charge in [0.05, 0.1) is 18.0 Å². The summed E-state index contributed by atoms with van der Waals surface area (Å²) < 4.78 is 5.56. The number of amides is 3. The van der Waals surface area contributed by atoms with Gasteiger partial charge in [-0.2, -0.15) is 0 Å². The second-order valence-corrected chi connectivity index (χ2v) is 10.1. The van der Waals surface area contributed by atoms with E-state index in [1.54, 1.807) is 48.5 Å². The number of rotatable bonds is 11. The van der Waals surface area contributed by atoms with Crippen molar-refractivity contribution < 1.29 is 19.1 Å². The van der Waals surface area contributed by atoms with Gasteiger partial charge in [0, 0.05) is 16.1 Å². The van der Waals surface area contributed by atoms with E-state index in [0.717, 1.165) is 16.0 Å². The van der Waals surface area contributed by atoms with Crippen LogP contribution in [0.3, 0.4) is 0 Å². The highest BCUT2D eigenvalue weighted by Crippen LogP contribution is 2.25. The van der Waals surface area contributed by atoms with Crippen molar-refractivity contribution in [2.75, 3.05) is 23.0 Å². The van der Waals surface area contributed by atoms with E-state index in [0.29, 0.717) is 29.3 Å². The van der Waals surface area contributed by atoms with Gasteiger partial charge in [0.25, 0.3) is 11.8 Å². The fourth-order valence-electron chi connectivity index (χ4n) is 3.79. The Balaban J connectivity index is 1.39. The van der Waals surface area contributed by atoms with Crippen molar-refractivity contribution in [1.82, 2.24) is 5.32 Å². The standard InChI is InChI=1S/C33H31N3O4S/c1-3-40-30-12-8-7-11-28(30)35-31(37)22-41-27-19-17-26(18-20-27)34-33(39)29(21-24-15-13-23(2)14-16-24)36-32(38)25-9-5-4-6-10-25/h4-21H,3,22H2,1-2H3,(H,34,39)(H,35,37)(H,36,38)/b29-21-. The van der Waals surface area contributed by atoms with Gasteiger partial charge in [-0.1, -0.05) is 60.2 Å². The molecule has 0 saturated heterocycles. The topological polar surface area (TPSA) is 96.5 Å². The summed E-state index contributed by atoms with van der Waals surface area (Å²) in [7, 11) is 0. The molecule has 4 aromatic rings. The third-order valence-electron chi connectivity index (χ3n) is 5.86. The third kappa shape index (κ3) is 8.84. The summed E-state index contributed by atoms with van der Waals surface area (Å²) in [5, 5.41) is 8.48. The minimum absolute atomic E-state index is 0.116. The first kappa shape index (κ1) is 29.2. The number of thioether (sulfide) groups is 1. The maximum atomic E-state index is 13.2. The maximum absolute atomic E-state index is 13.2. The number of para-hydroxylation sites is 2. The predicted molar refractivity (Wildman–Crippen MR) is 165 cm³/mol. The van der Waals surface area contributed by atoms with E-state index < -0.39 is 5.91 Å². The molecule has 3 N–H and O–H groups in total. The van der Waals surface area contributed by atoms with Crippen LogP contribution >= 0.6 is 11.8 Å². The molecule has 4 aromatic carbocycles. The van der Waals surface area contributed by atoms with Crippen molar-refractivity contribution in [2.45, 2.75) is 18.7 Å². The van der Waals surface area contributed by atoms with Gasteiger partial charge in [-0.25, -0.2) is 0 Å². The number of nitrogens with one attached hydrogen (secondary N) is 3. The Hall–Kier alpha value is -4.82. The van der Waals surface area contributed by atoms with Gasteiger partial charge in [0.2, 0.25) is 5.91 Å². The molecule has 7 nitrogen and oxygen atoms in total. The molecule has 3 amide bonds. The molecule has 41 heavy (non-hydrogen) atoms. The molecule has 4 rings (SSSR count). The van der Waals surface area contributed by atoms with Gasteiger partial charge in [0.1, 0.15) is 11.4 Å². The fourth-order valence-corrected chi connectivity index (χ4v) is 4.49. The molecule has 0 fully saturated rings. The van der Waals surface area contributed by atoms with E-state index in [1.165, 1.54) is 11.8 Å². The quantitative estimate of drug-likeness (QED) is 0.142. The summed E-state index contributed by atoms with van der Waals surface area (Å²) in [6.07, 6.45) is 1.64. The van der Waals surface area contributed by atoms with Gasteiger partial charge in [-0.15, -0.1) is 11.8 Å². The number of carbonyl (C=O) groups is 3. The van der Waals surface area contributed by atoms with Crippen molar-refractivity contribution >= 4 is 46.9 Å². The summed E-state index contributed by atoms with van der Waals surface area (Å²) >= 11 is 1.38. The molecule has 0 saturated carbocycles. The van der Waals surface area contributed by atoms with Crippen LogP contribution in [0.25, 0.3) is 6.08 Å². The number of hydrogen-bond donors (Lipinski definition) is 3. The van der Waals surface area contributed by atoms with Crippen molar-refractivity contribution in [3.63, 3.8) is 0 Å². The molecule has 8 heteroatoms. The number of carbonyl (C=O) groups excluding carboxylic acids is 3. The monoisotopic (exact) mass is 565 g/mol. The number of aryl methyl sites for hydroxylation is 1. The molecule has 0 aliphatic rings. The van der Waals surface area contributed by atoms with Gasteiger partial charge in [-0.05, 0) is 74.0 Å². The summed E-state index contributed by atoms with van der Waals surface area (Å²) in [4.78, 5) is 39.4. The number of hydrogen-bond acceptors (Lipinski definition) is 5. The Bertz CT molecular complexity index is 1520. The summed E-state index contributed by atoms with van der Waals surface area (Å²) in [5.41, 5.74) is 3.62. The van der Waals surface area contributed by atoms with Crippen molar-refractivity contribution in [3.05, 3.63) is 126 Å². The molecular formula is C33H31N3O4S. The van der Waals surface area contributed by atoms with E-state index >= 15 is 0 Å². The normalized spacial score (nSPS) is 10.9. The van der Waals surface area contributed by atoms with Crippen LogP contribution in [0.15, 0.2) is 114 Å².